The number of aryl methyl sites for hydroxylation is 1. The molecule has 4 rings (SSSR count). The Hall–Kier alpha value is -1.76. The van der Waals surface area contributed by atoms with Crippen molar-refractivity contribution in [3.63, 3.8) is 0 Å². The lowest BCUT2D eigenvalue weighted by molar-refractivity contribution is 0.111. The molecular weight excluding hydrogens is 310 g/mol. The Morgan fingerprint density at radius 3 is 2.83 bits per heavy atom. The highest BCUT2D eigenvalue weighted by Crippen LogP contribution is 2.34. The lowest BCUT2D eigenvalue weighted by Crippen LogP contribution is -2.00. The number of benzene rings is 1. The molecule has 0 aliphatic carbocycles. The van der Waals surface area contributed by atoms with Gasteiger partial charge in [0.15, 0.2) is 0 Å². The van der Waals surface area contributed by atoms with Crippen molar-refractivity contribution in [1.82, 2.24) is 14.6 Å². The minimum Gasteiger partial charge on any atom is -0.390 e. The molecule has 1 unspecified atom stereocenters. The molecule has 0 spiro atoms. The van der Waals surface area contributed by atoms with Gasteiger partial charge in [-0.05, 0) is 24.8 Å². The highest BCUT2D eigenvalue weighted by atomic mass is 32.1. The summed E-state index contributed by atoms with van der Waals surface area (Å²) in [4.78, 5) is 5.52. The van der Waals surface area contributed by atoms with Gasteiger partial charge in [-0.25, -0.2) is 9.50 Å². The van der Waals surface area contributed by atoms with E-state index in [0.717, 1.165) is 52.8 Å². The number of imidazole rings is 1. The average Bonchev–Trinajstić information content (AvgIpc) is 3.29. The van der Waals surface area contributed by atoms with Crippen molar-refractivity contribution in [1.29, 1.82) is 0 Å². The molecule has 0 bridgehead atoms. The fourth-order valence-electron chi connectivity index (χ4n) is 2.98. The summed E-state index contributed by atoms with van der Waals surface area (Å²) < 4.78 is 7.46. The molecule has 1 fully saturated rings. The molecule has 0 amide bonds. The van der Waals surface area contributed by atoms with Gasteiger partial charge in [-0.3, -0.25) is 0 Å². The van der Waals surface area contributed by atoms with Gasteiger partial charge in [-0.2, -0.15) is 5.10 Å². The Bertz CT molecular complexity index is 816. The second-order valence-corrected chi connectivity index (χ2v) is 6.74. The van der Waals surface area contributed by atoms with Crippen LogP contribution < -0.4 is 0 Å². The van der Waals surface area contributed by atoms with E-state index in [1.807, 2.05) is 0 Å². The minimum atomic E-state index is -0.0826. The maximum atomic E-state index is 9.81. The molecule has 5 nitrogen and oxygen atoms in total. The Labute approximate surface area is 138 Å². The molecule has 2 aromatic heterocycles. The van der Waals surface area contributed by atoms with Gasteiger partial charge in [-0.1, -0.05) is 42.5 Å². The first-order chi connectivity index (χ1) is 11.3. The van der Waals surface area contributed by atoms with Crippen LogP contribution in [0, 0.1) is 0 Å². The van der Waals surface area contributed by atoms with Gasteiger partial charge in [0.25, 0.3) is 0 Å². The van der Waals surface area contributed by atoms with Gasteiger partial charge in [0, 0.05) is 12.2 Å². The second-order valence-electron chi connectivity index (χ2n) is 5.75. The second kappa shape index (κ2) is 6.03. The SMILES string of the molecule is CCc1ccc(-c2nc3sc(C4CCCO4)nn3c2CO)cc1. The number of nitrogens with zero attached hydrogens (tertiary/aromatic N) is 3. The average molecular weight is 329 g/mol. The van der Waals surface area contributed by atoms with Crippen molar-refractivity contribution in [3.05, 3.63) is 40.5 Å². The van der Waals surface area contributed by atoms with Crippen LogP contribution in [0.4, 0.5) is 0 Å². The summed E-state index contributed by atoms with van der Waals surface area (Å²) in [6.45, 7) is 2.85. The van der Waals surface area contributed by atoms with Crippen molar-refractivity contribution in [3.8, 4) is 11.3 Å². The number of aliphatic hydroxyl groups excluding tert-OH is 1. The van der Waals surface area contributed by atoms with Crippen LogP contribution in [0.5, 0.6) is 0 Å². The van der Waals surface area contributed by atoms with E-state index in [4.69, 9.17) is 9.72 Å². The van der Waals surface area contributed by atoms with Crippen LogP contribution in [-0.2, 0) is 17.8 Å². The first-order valence-corrected chi connectivity index (χ1v) is 8.82. The van der Waals surface area contributed by atoms with Crippen molar-refractivity contribution < 1.29 is 9.84 Å². The van der Waals surface area contributed by atoms with E-state index in [0.29, 0.717) is 0 Å². The fourth-order valence-corrected chi connectivity index (χ4v) is 3.98. The number of ether oxygens (including phenoxy) is 1. The molecule has 3 heterocycles. The van der Waals surface area contributed by atoms with Crippen molar-refractivity contribution in [2.75, 3.05) is 6.61 Å². The predicted octanol–water partition coefficient (Wildman–Crippen LogP) is 3.36. The zero-order valence-corrected chi connectivity index (χ0v) is 13.8. The molecule has 0 saturated carbocycles. The minimum absolute atomic E-state index is 0.0826. The standard InChI is InChI=1S/C17H19N3O2S/c1-2-11-5-7-12(8-6-11)15-13(10-21)20-17(18-15)23-16(19-20)14-4-3-9-22-14/h5-8,14,21H,2-4,9-10H2,1H3. The van der Waals surface area contributed by atoms with E-state index in [-0.39, 0.29) is 12.7 Å². The van der Waals surface area contributed by atoms with Gasteiger partial charge >= 0.3 is 0 Å². The van der Waals surface area contributed by atoms with E-state index in [9.17, 15) is 5.11 Å². The molecule has 1 aromatic carbocycles. The zero-order chi connectivity index (χ0) is 15.8. The van der Waals surface area contributed by atoms with Crippen LogP contribution in [0.15, 0.2) is 24.3 Å². The molecule has 6 heteroatoms. The summed E-state index contributed by atoms with van der Waals surface area (Å²) in [7, 11) is 0. The number of aliphatic hydroxyl groups is 1. The van der Waals surface area contributed by atoms with Crippen LogP contribution in [-0.4, -0.2) is 26.3 Å². The van der Waals surface area contributed by atoms with Crippen LogP contribution in [0.2, 0.25) is 0 Å². The van der Waals surface area contributed by atoms with Crippen molar-refractivity contribution >= 4 is 16.3 Å². The Kier molecular flexibility index (Phi) is 3.88. The number of hydrogen-bond donors (Lipinski definition) is 1. The number of rotatable bonds is 4. The number of hydrogen-bond acceptors (Lipinski definition) is 5. The lowest BCUT2D eigenvalue weighted by Gasteiger charge is -2.04. The summed E-state index contributed by atoms with van der Waals surface area (Å²) in [5.41, 5.74) is 3.86. The maximum absolute atomic E-state index is 9.81. The highest BCUT2D eigenvalue weighted by Gasteiger charge is 2.24. The molecule has 0 radical (unpaired) electrons. The van der Waals surface area contributed by atoms with E-state index >= 15 is 0 Å². The first-order valence-electron chi connectivity index (χ1n) is 8.00. The molecule has 23 heavy (non-hydrogen) atoms. The molecule has 120 valence electrons. The van der Waals surface area contributed by atoms with E-state index in [1.54, 1.807) is 15.9 Å². The quantitative estimate of drug-likeness (QED) is 0.797. The normalized spacial score (nSPS) is 18.1. The molecular formula is C17H19N3O2S. The summed E-state index contributed by atoms with van der Waals surface area (Å²) in [5, 5.41) is 15.4. The monoisotopic (exact) mass is 329 g/mol. The van der Waals surface area contributed by atoms with Crippen LogP contribution in [0.25, 0.3) is 16.2 Å². The predicted molar refractivity (Wildman–Crippen MR) is 89.5 cm³/mol. The van der Waals surface area contributed by atoms with Crippen LogP contribution >= 0.6 is 11.3 Å². The number of fused-ring (bicyclic) bond motifs is 1. The zero-order valence-electron chi connectivity index (χ0n) is 13.0. The molecule has 1 N–H and O–H groups in total. The van der Waals surface area contributed by atoms with E-state index in [2.05, 4.69) is 36.3 Å². The van der Waals surface area contributed by atoms with E-state index < -0.39 is 0 Å². The molecule has 1 aliphatic rings. The summed E-state index contributed by atoms with van der Waals surface area (Å²) in [5.74, 6) is 0. The van der Waals surface area contributed by atoms with Crippen LogP contribution in [0.3, 0.4) is 0 Å². The highest BCUT2D eigenvalue weighted by molar-refractivity contribution is 7.16. The van der Waals surface area contributed by atoms with E-state index in [1.165, 1.54) is 5.56 Å². The number of aromatic nitrogens is 3. The van der Waals surface area contributed by atoms with Gasteiger partial charge < -0.3 is 9.84 Å². The third-order valence-electron chi connectivity index (χ3n) is 4.30. The first kappa shape index (κ1) is 14.8. The fraction of sp³-hybridized carbons (Fsp3) is 0.412. The Morgan fingerprint density at radius 2 is 2.17 bits per heavy atom. The Balaban J connectivity index is 1.76. The summed E-state index contributed by atoms with van der Waals surface area (Å²) in [6, 6.07) is 8.33. The van der Waals surface area contributed by atoms with Gasteiger partial charge in [-0.15, -0.1) is 0 Å². The third-order valence-corrected chi connectivity index (χ3v) is 5.30. The molecule has 1 aliphatic heterocycles. The van der Waals surface area contributed by atoms with Crippen LogP contribution in [0.1, 0.15) is 42.1 Å². The summed E-state index contributed by atoms with van der Waals surface area (Å²) >= 11 is 1.55. The Morgan fingerprint density at radius 1 is 1.35 bits per heavy atom. The third kappa shape index (κ3) is 2.56. The topological polar surface area (TPSA) is 59.7 Å². The summed E-state index contributed by atoms with van der Waals surface area (Å²) in [6.07, 6.45) is 3.18. The van der Waals surface area contributed by atoms with Crippen molar-refractivity contribution in [2.45, 2.75) is 38.9 Å². The van der Waals surface area contributed by atoms with Crippen molar-refractivity contribution in [2.24, 2.45) is 0 Å². The van der Waals surface area contributed by atoms with Gasteiger partial charge in [0.2, 0.25) is 4.96 Å². The molecule has 1 atom stereocenters. The smallest absolute Gasteiger partial charge is 0.213 e. The molecule has 3 aromatic rings. The maximum Gasteiger partial charge on any atom is 0.213 e. The lowest BCUT2D eigenvalue weighted by atomic mass is 10.1. The van der Waals surface area contributed by atoms with Gasteiger partial charge in [0.05, 0.1) is 18.0 Å². The largest absolute Gasteiger partial charge is 0.390 e. The van der Waals surface area contributed by atoms with Gasteiger partial charge in [0.1, 0.15) is 11.1 Å². The molecule has 1 saturated heterocycles.